The number of carbonyl (C=O) groups is 1. The number of halogens is 3. The van der Waals surface area contributed by atoms with E-state index in [0.717, 1.165) is 4.90 Å². The molecule has 0 fully saturated rings. The van der Waals surface area contributed by atoms with Crippen molar-refractivity contribution < 1.29 is 18.0 Å². The summed E-state index contributed by atoms with van der Waals surface area (Å²) in [6.45, 7) is 5.41. The van der Waals surface area contributed by atoms with Crippen molar-refractivity contribution in [3.63, 3.8) is 0 Å². The molecule has 16 heavy (non-hydrogen) atoms. The molecule has 0 heterocycles. The summed E-state index contributed by atoms with van der Waals surface area (Å²) in [4.78, 5) is 12.4. The molecule has 0 rings (SSSR count). The van der Waals surface area contributed by atoms with Gasteiger partial charge in [0.1, 0.15) is 6.54 Å². The second-order valence-corrected chi connectivity index (χ2v) is 4.81. The zero-order valence-electron chi connectivity index (χ0n) is 10.1. The highest BCUT2D eigenvalue weighted by Gasteiger charge is 2.36. The molecule has 0 aliphatic rings. The zero-order valence-corrected chi connectivity index (χ0v) is 10.1. The van der Waals surface area contributed by atoms with Gasteiger partial charge in [-0.25, -0.2) is 0 Å². The third-order valence-electron chi connectivity index (χ3n) is 2.26. The van der Waals surface area contributed by atoms with Crippen LogP contribution in [-0.2, 0) is 4.79 Å². The van der Waals surface area contributed by atoms with Gasteiger partial charge in [-0.05, 0) is 12.3 Å². The predicted octanol–water partition coefficient (Wildman–Crippen LogP) is 1.77. The van der Waals surface area contributed by atoms with Crippen molar-refractivity contribution in [1.29, 1.82) is 0 Å². The molecule has 0 radical (unpaired) electrons. The maximum absolute atomic E-state index is 12.2. The number of hydrogen-bond acceptors (Lipinski definition) is 2. The summed E-state index contributed by atoms with van der Waals surface area (Å²) in [5.74, 6) is -0.660. The molecule has 0 bridgehead atoms. The van der Waals surface area contributed by atoms with Crippen molar-refractivity contribution in [3.05, 3.63) is 0 Å². The Hall–Kier alpha value is -0.780. The van der Waals surface area contributed by atoms with Crippen LogP contribution in [0.3, 0.4) is 0 Å². The second kappa shape index (κ2) is 5.03. The Morgan fingerprint density at radius 2 is 1.75 bits per heavy atom. The highest BCUT2D eigenvalue weighted by atomic mass is 19.4. The van der Waals surface area contributed by atoms with E-state index < -0.39 is 30.1 Å². The van der Waals surface area contributed by atoms with Crippen molar-refractivity contribution in [1.82, 2.24) is 4.90 Å². The number of carbonyl (C=O) groups excluding carboxylic acids is 1. The molecule has 3 nitrogen and oxygen atoms in total. The van der Waals surface area contributed by atoms with E-state index in [1.54, 1.807) is 20.8 Å². The Kier molecular flexibility index (Phi) is 4.79. The SMILES string of the molecule is CCN(CC(F)(F)F)C(=O)C(N)C(C)(C)C. The lowest BCUT2D eigenvalue weighted by molar-refractivity contribution is -0.162. The predicted molar refractivity (Wildman–Crippen MR) is 55.7 cm³/mol. The lowest BCUT2D eigenvalue weighted by Crippen LogP contribution is -2.52. The number of alkyl halides is 3. The van der Waals surface area contributed by atoms with Gasteiger partial charge in [-0.1, -0.05) is 20.8 Å². The van der Waals surface area contributed by atoms with Gasteiger partial charge in [-0.3, -0.25) is 4.79 Å². The normalized spacial score (nSPS) is 14.8. The van der Waals surface area contributed by atoms with Gasteiger partial charge in [0, 0.05) is 6.54 Å². The summed E-state index contributed by atoms with van der Waals surface area (Å²) in [6.07, 6.45) is -4.39. The van der Waals surface area contributed by atoms with E-state index in [1.165, 1.54) is 6.92 Å². The largest absolute Gasteiger partial charge is 0.406 e. The van der Waals surface area contributed by atoms with E-state index >= 15 is 0 Å². The van der Waals surface area contributed by atoms with Crippen LogP contribution >= 0.6 is 0 Å². The molecule has 0 aromatic heterocycles. The number of likely N-dealkylation sites (N-methyl/N-ethyl adjacent to an activating group) is 1. The lowest BCUT2D eigenvalue weighted by Gasteiger charge is -2.31. The maximum Gasteiger partial charge on any atom is 0.406 e. The van der Waals surface area contributed by atoms with Crippen LogP contribution in [0, 0.1) is 5.41 Å². The summed E-state index contributed by atoms with van der Waals surface area (Å²) < 4.78 is 36.5. The van der Waals surface area contributed by atoms with Gasteiger partial charge >= 0.3 is 6.18 Å². The molecule has 0 spiro atoms. The van der Waals surface area contributed by atoms with E-state index in [-0.39, 0.29) is 6.54 Å². The highest BCUT2D eigenvalue weighted by Crippen LogP contribution is 2.21. The molecular weight excluding hydrogens is 221 g/mol. The third kappa shape index (κ3) is 4.83. The lowest BCUT2D eigenvalue weighted by atomic mass is 9.86. The molecule has 1 amide bonds. The van der Waals surface area contributed by atoms with Gasteiger partial charge in [-0.15, -0.1) is 0 Å². The van der Waals surface area contributed by atoms with E-state index in [9.17, 15) is 18.0 Å². The van der Waals surface area contributed by atoms with Crippen molar-refractivity contribution in [2.24, 2.45) is 11.1 Å². The summed E-state index contributed by atoms with van der Waals surface area (Å²) in [5, 5.41) is 0. The van der Waals surface area contributed by atoms with E-state index in [2.05, 4.69) is 0 Å². The van der Waals surface area contributed by atoms with Gasteiger partial charge in [0.2, 0.25) is 5.91 Å². The summed E-state index contributed by atoms with van der Waals surface area (Å²) in [5.41, 5.74) is 5.09. The fraction of sp³-hybridized carbons (Fsp3) is 0.900. The molecular formula is C10H19F3N2O. The van der Waals surface area contributed by atoms with Crippen molar-refractivity contribution in [2.45, 2.75) is 39.9 Å². The summed E-state index contributed by atoms with van der Waals surface area (Å²) in [7, 11) is 0. The third-order valence-corrected chi connectivity index (χ3v) is 2.26. The van der Waals surface area contributed by atoms with Crippen LogP contribution in [-0.4, -0.2) is 36.1 Å². The maximum atomic E-state index is 12.2. The Labute approximate surface area is 93.8 Å². The first-order chi connectivity index (χ1) is 6.99. The molecule has 0 saturated carbocycles. The first-order valence-corrected chi connectivity index (χ1v) is 5.10. The van der Waals surface area contributed by atoms with Crippen LogP contribution in [0.15, 0.2) is 0 Å². The molecule has 96 valence electrons. The van der Waals surface area contributed by atoms with Crippen LogP contribution in [0.2, 0.25) is 0 Å². The molecule has 1 unspecified atom stereocenters. The molecule has 0 aromatic carbocycles. The smallest absolute Gasteiger partial charge is 0.333 e. The summed E-state index contributed by atoms with van der Waals surface area (Å²) >= 11 is 0. The molecule has 6 heteroatoms. The van der Waals surface area contributed by atoms with Gasteiger partial charge in [0.05, 0.1) is 6.04 Å². The van der Waals surface area contributed by atoms with Crippen molar-refractivity contribution in [3.8, 4) is 0 Å². The van der Waals surface area contributed by atoms with Gasteiger partial charge < -0.3 is 10.6 Å². The van der Waals surface area contributed by atoms with E-state index in [1.807, 2.05) is 0 Å². The van der Waals surface area contributed by atoms with Crippen LogP contribution in [0.4, 0.5) is 13.2 Å². The Morgan fingerprint density at radius 1 is 1.31 bits per heavy atom. The average Bonchev–Trinajstić information content (AvgIpc) is 2.08. The van der Waals surface area contributed by atoms with Crippen LogP contribution in [0.25, 0.3) is 0 Å². The zero-order chi connectivity index (χ0) is 13.1. The molecule has 2 N–H and O–H groups in total. The van der Waals surface area contributed by atoms with E-state index in [4.69, 9.17) is 5.73 Å². The standard InChI is InChI=1S/C10H19F3N2O/c1-5-15(6-10(11,12)13)8(16)7(14)9(2,3)4/h7H,5-6,14H2,1-4H3. The molecule has 0 aliphatic carbocycles. The minimum atomic E-state index is -4.39. The number of amides is 1. The molecule has 0 saturated heterocycles. The second-order valence-electron chi connectivity index (χ2n) is 4.81. The number of hydrogen-bond donors (Lipinski definition) is 1. The Balaban J connectivity index is 4.67. The average molecular weight is 240 g/mol. The Morgan fingerprint density at radius 3 is 2.00 bits per heavy atom. The number of nitrogens with zero attached hydrogens (tertiary/aromatic N) is 1. The topological polar surface area (TPSA) is 46.3 Å². The molecule has 0 aliphatic heterocycles. The number of nitrogens with two attached hydrogens (primary N) is 1. The fourth-order valence-electron chi connectivity index (χ4n) is 1.13. The molecule has 0 aromatic rings. The van der Waals surface area contributed by atoms with Gasteiger partial charge in [0.15, 0.2) is 0 Å². The monoisotopic (exact) mass is 240 g/mol. The van der Waals surface area contributed by atoms with E-state index in [0.29, 0.717) is 0 Å². The van der Waals surface area contributed by atoms with Crippen molar-refractivity contribution in [2.75, 3.05) is 13.1 Å². The minimum absolute atomic E-state index is 0.00211. The molecule has 1 atom stereocenters. The highest BCUT2D eigenvalue weighted by molar-refractivity contribution is 5.82. The van der Waals surface area contributed by atoms with Crippen LogP contribution in [0.5, 0.6) is 0 Å². The quantitative estimate of drug-likeness (QED) is 0.817. The number of rotatable bonds is 3. The van der Waals surface area contributed by atoms with Crippen molar-refractivity contribution >= 4 is 5.91 Å². The van der Waals surface area contributed by atoms with Crippen LogP contribution in [0.1, 0.15) is 27.7 Å². The first-order valence-electron chi connectivity index (χ1n) is 5.10. The van der Waals surface area contributed by atoms with Gasteiger partial charge in [0.25, 0.3) is 0 Å². The van der Waals surface area contributed by atoms with Crippen LogP contribution < -0.4 is 5.73 Å². The van der Waals surface area contributed by atoms with Gasteiger partial charge in [-0.2, -0.15) is 13.2 Å². The minimum Gasteiger partial charge on any atom is -0.333 e. The fourth-order valence-corrected chi connectivity index (χ4v) is 1.13. The first kappa shape index (κ1) is 15.2. The summed E-state index contributed by atoms with van der Waals surface area (Å²) in [6, 6.07) is -0.921. The Bertz CT molecular complexity index is 245.